The average molecular weight is 275 g/mol. The fourth-order valence-corrected chi connectivity index (χ4v) is 1.22. The van der Waals surface area contributed by atoms with E-state index in [2.05, 4.69) is 5.10 Å². The molecule has 0 radical (unpaired) electrons. The van der Waals surface area contributed by atoms with Crippen LogP contribution in [0.2, 0.25) is 0 Å². The van der Waals surface area contributed by atoms with Gasteiger partial charge in [0.1, 0.15) is 17.3 Å². The van der Waals surface area contributed by atoms with E-state index in [-0.39, 0.29) is 23.5 Å². The molecule has 0 fully saturated rings. The molecule has 0 bridgehead atoms. The summed E-state index contributed by atoms with van der Waals surface area (Å²) in [5.74, 6) is -7.51. The van der Waals surface area contributed by atoms with Crippen LogP contribution in [0.4, 0.5) is 22.0 Å². The maximum Gasteiger partial charge on any atom is 1.00 e. The minimum atomic E-state index is -5.99. The van der Waals surface area contributed by atoms with Crippen LogP contribution >= 0.6 is 0 Å². The van der Waals surface area contributed by atoms with E-state index < -0.39 is 35.0 Å². The van der Waals surface area contributed by atoms with Crippen molar-refractivity contribution in [1.29, 1.82) is 5.26 Å². The Labute approximate surface area is 114 Å². The summed E-state index contributed by atoms with van der Waals surface area (Å²) in [4.78, 5) is 10.5. The molecule has 0 saturated carbocycles. The summed E-state index contributed by atoms with van der Waals surface area (Å²) < 4.78 is 62.5. The zero-order chi connectivity index (χ0) is 14.3. The van der Waals surface area contributed by atoms with Gasteiger partial charge in [-0.15, -0.1) is 0 Å². The van der Waals surface area contributed by atoms with Crippen LogP contribution < -0.4 is 24.0 Å². The molecule has 1 heterocycles. The molecule has 0 unspecified atom stereocenters. The van der Waals surface area contributed by atoms with Gasteiger partial charge in [0.2, 0.25) is 0 Å². The van der Waals surface area contributed by atoms with E-state index in [1.54, 1.807) is 0 Å². The fraction of sp³-hybridized carbons (Fsp3) is 0.375. The number of halogens is 5. The number of carboxylic acid groups (broad SMARTS) is 1. The molecule has 0 spiro atoms. The number of alkyl halides is 5. The number of nitrogens with zero attached hydrogens (tertiary/aromatic N) is 3. The third-order valence-electron chi connectivity index (χ3n) is 2.01. The normalized spacial score (nSPS) is 11.6. The van der Waals surface area contributed by atoms with Crippen molar-refractivity contribution < 1.29 is 50.7 Å². The summed E-state index contributed by atoms with van der Waals surface area (Å²) in [6.07, 6.45) is -5.99. The molecule has 11 heteroatoms. The number of aromatic carboxylic acids is 1. The van der Waals surface area contributed by atoms with Crippen LogP contribution in [0.1, 0.15) is 21.7 Å². The first-order valence-electron chi connectivity index (χ1n) is 4.17. The van der Waals surface area contributed by atoms with Crippen LogP contribution in [0.5, 0.6) is 0 Å². The van der Waals surface area contributed by atoms with Gasteiger partial charge in [-0.2, -0.15) is 32.3 Å². The predicted molar refractivity (Wildman–Crippen MR) is 42.2 cm³/mol. The number of aryl methyl sites for hydroxylation is 1. The molecule has 0 atom stereocenters. The second-order valence-electron chi connectivity index (χ2n) is 3.17. The van der Waals surface area contributed by atoms with Crippen LogP contribution in [-0.4, -0.2) is 21.9 Å². The Morgan fingerprint density at radius 1 is 1.37 bits per heavy atom. The van der Waals surface area contributed by atoms with Crippen molar-refractivity contribution in [3.05, 3.63) is 17.0 Å². The van der Waals surface area contributed by atoms with Gasteiger partial charge < -0.3 is 9.90 Å². The van der Waals surface area contributed by atoms with Crippen molar-refractivity contribution in [1.82, 2.24) is 9.78 Å². The predicted octanol–water partition coefficient (Wildman–Crippen LogP) is -2.69. The number of carbonyl (C=O) groups excluding carboxylic acids is 1. The summed E-state index contributed by atoms with van der Waals surface area (Å²) in [5.41, 5.74) is -4.48. The fourth-order valence-electron chi connectivity index (χ4n) is 1.22. The Balaban J connectivity index is 0.00000324. The summed E-state index contributed by atoms with van der Waals surface area (Å²) in [5, 5.41) is 21.8. The molecule has 0 aliphatic heterocycles. The van der Waals surface area contributed by atoms with Gasteiger partial charge in [-0.1, -0.05) is 0 Å². The monoisotopic (exact) mass is 275 g/mol. The van der Waals surface area contributed by atoms with Crippen LogP contribution in [0.25, 0.3) is 0 Å². The van der Waals surface area contributed by atoms with Crippen LogP contribution in [0, 0.1) is 11.3 Å². The van der Waals surface area contributed by atoms with E-state index in [0.717, 1.165) is 13.1 Å². The van der Waals surface area contributed by atoms with E-state index >= 15 is 0 Å². The first-order chi connectivity index (χ1) is 8.04. The number of carboxylic acids is 1. The van der Waals surface area contributed by atoms with Crippen molar-refractivity contribution in [2.75, 3.05) is 0 Å². The Morgan fingerprint density at radius 2 is 1.84 bits per heavy atom. The van der Waals surface area contributed by atoms with Crippen molar-refractivity contribution >= 4 is 5.97 Å². The van der Waals surface area contributed by atoms with Gasteiger partial charge in [-0.05, 0) is 0 Å². The van der Waals surface area contributed by atoms with Crippen molar-refractivity contribution in [2.24, 2.45) is 7.05 Å². The Hall–Kier alpha value is -1.58. The maximum atomic E-state index is 13.0. The van der Waals surface area contributed by atoms with E-state index in [0.29, 0.717) is 0 Å². The minimum absolute atomic E-state index is 0. The molecule has 0 saturated heterocycles. The van der Waals surface area contributed by atoms with Crippen LogP contribution in [0.15, 0.2) is 0 Å². The van der Waals surface area contributed by atoms with Crippen LogP contribution in [-0.2, 0) is 13.0 Å². The quantitative estimate of drug-likeness (QED) is 0.435. The van der Waals surface area contributed by atoms with Crippen LogP contribution in [0.3, 0.4) is 0 Å². The zero-order valence-corrected chi connectivity index (χ0v) is 9.55. The number of carbonyl (C=O) groups is 1. The summed E-state index contributed by atoms with van der Waals surface area (Å²) in [6.45, 7) is 0. The Bertz CT molecular complexity index is 546. The van der Waals surface area contributed by atoms with E-state index in [1.165, 1.54) is 0 Å². The molecule has 0 aromatic carbocycles. The average Bonchev–Trinajstić information content (AvgIpc) is 2.53. The maximum absolute atomic E-state index is 13.0. The molecule has 0 aliphatic carbocycles. The molecular formula is C8H3F5LiN3O2. The SMILES string of the molecule is Cn1nc(C(F)(F)C(F)(F)F)c(C#N)c1C(=O)[O-].[Li+]. The van der Waals surface area contributed by atoms with Gasteiger partial charge in [-0.3, -0.25) is 4.68 Å². The molecule has 1 aromatic rings. The summed E-state index contributed by atoms with van der Waals surface area (Å²) in [6, 6.07) is 0.960. The molecule has 1 aromatic heterocycles. The molecule has 1 rings (SSSR count). The van der Waals surface area contributed by atoms with E-state index in [4.69, 9.17) is 5.26 Å². The van der Waals surface area contributed by atoms with Gasteiger partial charge in [0.05, 0.1) is 5.97 Å². The molecule has 0 aliphatic rings. The molecule has 98 valence electrons. The zero-order valence-electron chi connectivity index (χ0n) is 9.55. The summed E-state index contributed by atoms with van der Waals surface area (Å²) >= 11 is 0. The minimum Gasteiger partial charge on any atom is -0.543 e. The van der Waals surface area contributed by atoms with Gasteiger partial charge in [0.15, 0.2) is 5.69 Å². The largest absolute Gasteiger partial charge is 1.00 e. The molecule has 19 heavy (non-hydrogen) atoms. The number of rotatable bonds is 2. The molecular weight excluding hydrogens is 272 g/mol. The number of hydrogen-bond donors (Lipinski definition) is 0. The Kier molecular flexibility index (Phi) is 4.76. The smallest absolute Gasteiger partial charge is 0.543 e. The second-order valence-corrected chi connectivity index (χ2v) is 3.17. The second kappa shape index (κ2) is 5.19. The molecule has 0 amide bonds. The van der Waals surface area contributed by atoms with E-state index in [9.17, 15) is 31.9 Å². The van der Waals surface area contributed by atoms with Gasteiger partial charge in [0, 0.05) is 7.05 Å². The van der Waals surface area contributed by atoms with Crippen molar-refractivity contribution in [3.8, 4) is 6.07 Å². The topological polar surface area (TPSA) is 81.7 Å². The Morgan fingerprint density at radius 3 is 2.16 bits per heavy atom. The van der Waals surface area contributed by atoms with Gasteiger partial charge >= 0.3 is 31.0 Å². The van der Waals surface area contributed by atoms with Gasteiger partial charge in [0.25, 0.3) is 0 Å². The van der Waals surface area contributed by atoms with Crippen molar-refractivity contribution in [2.45, 2.75) is 12.1 Å². The van der Waals surface area contributed by atoms with Gasteiger partial charge in [-0.25, -0.2) is 0 Å². The third kappa shape index (κ3) is 2.72. The number of nitriles is 1. The molecule has 5 nitrogen and oxygen atoms in total. The number of hydrogen-bond acceptors (Lipinski definition) is 4. The standard InChI is InChI=1S/C8H4F5N3O2.Li/c1-16-4(6(17)18)3(2-14)5(15-16)7(9,10)8(11,12)13;/h1H3,(H,17,18);/q;+1/p-1. The first-order valence-corrected chi connectivity index (χ1v) is 4.17. The molecule has 0 N–H and O–H groups in total. The first kappa shape index (κ1) is 17.4. The number of aromatic nitrogens is 2. The third-order valence-corrected chi connectivity index (χ3v) is 2.01. The van der Waals surface area contributed by atoms with E-state index in [1.807, 2.05) is 0 Å². The van der Waals surface area contributed by atoms with Crippen molar-refractivity contribution in [3.63, 3.8) is 0 Å². The summed E-state index contributed by atoms with van der Waals surface area (Å²) in [7, 11) is 0.807.